The third kappa shape index (κ3) is 5.11. The predicted octanol–water partition coefficient (Wildman–Crippen LogP) is 13.1. The van der Waals surface area contributed by atoms with Gasteiger partial charge >= 0.3 is 0 Å². The van der Waals surface area contributed by atoms with Crippen molar-refractivity contribution in [2.75, 3.05) is 0 Å². The van der Waals surface area contributed by atoms with Gasteiger partial charge in [-0.1, -0.05) is 164 Å². The molecular weight excluding hydrogens is 669 g/mol. The van der Waals surface area contributed by atoms with Crippen LogP contribution >= 0.6 is 0 Å². The fourth-order valence-electron chi connectivity index (χ4n) is 8.30. The summed E-state index contributed by atoms with van der Waals surface area (Å²) in [6, 6.07) is 68.7. The van der Waals surface area contributed by atoms with E-state index in [0.29, 0.717) is 17.5 Å². The van der Waals surface area contributed by atoms with Gasteiger partial charge in [0.2, 0.25) is 0 Å². The summed E-state index contributed by atoms with van der Waals surface area (Å²) in [7, 11) is 0. The second kappa shape index (κ2) is 12.6. The summed E-state index contributed by atoms with van der Waals surface area (Å²) >= 11 is 0. The molecule has 0 aliphatic heterocycles. The summed E-state index contributed by atoms with van der Waals surface area (Å²) in [6.45, 7) is 0. The minimum Gasteiger partial charge on any atom is -0.309 e. The molecule has 11 rings (SSSR count). The van der Waals surface area contributed by atoms with Crippen LogP contribution in [0, 0.1) is 0 Å². The molecule has 256 valence electrons. The minimum absolute atomic E-state index is 0.630. The molecular formula is C51H32N4. The van der Waals surface area contributed by atoms with E-state index in [9.17, 15) is 0 Å². The van der Waals surface area contributed by atoms with Gasteiger partial charge in [-0.25, -0.2) is 15.0 Å². The molecule has 0 unspecified atom stereocenters. The lowest BCUT2D eigenvalue weighted by Gasteiger charge is -2.18. The maximum Gasteiger partial charge on any atom is 0.164 e. The van der Waals surface area contributed by atoms with Crippen molar-refractivity contribution in [2.45, 2.75) is 0 Å². The molecule has 0 spiro atoms. The number of nitrogens with zero attached hydrogens (tertiary/aromatic N) is 4. The van der Waals surface area contributed by atoms with Gasteiger partial charge in [-0.2, -0.15) is 0 Å². The van der Waals surface area contributed by atoms with Gasteiger partial charge in [0.1, 0.15) is 0 Å². The fraction of sp³-hybridized carbons (Fsp3) is 0. The third-order valence-corrected chi connectivity index (χ3v) is 10.8. The molecule has 0 radical (unpaired) electrons. The Kier molecular flexibility index (Phi) is 7.14. The van der Waals surface area contributed by atoms with Gasteiger partial charge in [-0.05, 0) is 63.0 Å². The Morgan fingerprint density at radius 3 is 1.67 bits per heavy atom. The topological polar surface area (TPSA) is 43.6 Å². The van der Waals surface area contributed by atoms with Crippen molar-refractivity contribution in [2.24, 2.45) is 0 Å². The van der Waals surface area contributed by atoms with Crippen LogP contribution in [0.15, 0.2) is 194 Å². The lowest BCUT2D eigenvalue weighted by atomic mass is 9.93. The molecule has 2 aromatic heterocycles. The van der Waals surface area contributed by atoms with E-state index in [1.165, 1.54) is 27.1 Å². The molecule has 11 aromatic rings. The fourth-order valence-corrected chi connectivity index (χ4v) is 8.30. The van der Waals surface area contributed by atoms with E-state index < -0.39 is 0 Å². The highest BCUT2D eigenvalue weighted by molar-refractivity contribution is 6.16. The molecule has 9 aromatic carbocycles. The van der Waals surface area contributed by atoms with Gasteiger partial charge in [0.15, 0.2) is 17.5 Å². The van der Waals surface area contributed by atoms with Gasteiger partial charge in [0.05, 0.1) is 16.7 Å². The van der Waals surface area contributed by atoms with E-state index in [-0.39, 0.29) is 0 Å². The van der Waals surface area contributed by atoms with Crippen molar-refractivity contribution in [1.82, 2.24) is 19.5 Å². The summed E-state index contributed by atoms with van der Waals surface area (Å²) in [4.78, 5) is 15.7. The van der Waals surface area contributed by atoms with Crippen LogP contribution in [0.25, 0.3) is 105 Å². The van der Waals surface area contributed by atoms with Crippen LogP contribution in [0.2, 0.25) is 0 Å². The molecule has 0 saturated heterocycles. The number of para-hydroxylation sites is 1. The highest BCUT2D eigenvalue weighted by Crippen LogP contribution is 2.42. The molecule has 2 heterocycles. The molecule has 0 N–H and O–H groups in total. The van der Waals surface area contributed by atoms with Crippen molar-refractivity contribution in [1.29, 1.82) is 0 Å². The largest absolute Gasteiger partial charge is 0.309 e. The highest BCUT2D eigenvalue weighted by atomic mass is 15.0. The molecule has 0 atom stereocenters. The number of benzene rings is 9. The zero-order valence-corrected chi connectivity index (χ0v) is 29.8. The van der Waals surface area contributed by atoms with Crippen LogP contribution in [0.4, 0.5) is 0 Å². The number of hydrogen-bond donors (Lipinski definition) is 0. The Morgan fingerprint density at radius 1 is 0.309 bits per heavy atom. The molecule has 0 bridgehead atoms. The predicted molar refractivity (Wildman–Crippen MR) is 228 cm³/mol. The van der Waals surface area contributed by atoms with Gasteiger partial charge < -0.3 is 4.57 Å². The second-order valence-corrected chi connectivity index (χ2v) is 14.0. The van der Waals surface area contributed by atoms with Crippen LogP contribution in [0.3, 0.4) is 0 Å². The van der Waals surface area contributed by atoms with E-state index in [2.05, 4.69) is 180 Å². The van der Waals surface area contributed by atoms with Crippen molar-refractivity contribution >= 4 is 54.1 Å². The molecule has 55 heavy (non-hydrogen) atoms. The van der Waals surface area contributed by atoms with Gasteiger partial charge in [0.25, 0.3) is 0 Å². The smallest absolute Gasteiger partial charge is 0.164 e. The first-order valence-corrected chi connectivity index (χ1v) is 18.6. The van der Waals surface area contributed by atoms with Crippen molar-refractivity contribution < 1.29 is 0 Å². The van der Waals surface area contributed by atoms with E-state index in [1.54, 1.807) is 0 Å². The van der Waals surface area contributed by atoms with Crippen LogP contribution < -0.4 is 0 Å². The Hall–Kier alpha value is -7.43. The lowest BCUT2D eigenvalue weighted by Crippen LogP contribution is -2.02. The molecule has 0 aliphatic carbocycles. The van der Waals surface area contributed by atoms with E-state index >= 15 is 0 Å². The average molecular weight is 701 g/mol. The minimum atomic E-state index is 0.630. The molecule has 0 saturated carbocycles. The van der Waals surface area contributed by atoms with Crippen LogP contribution in [-0.2, 0) is 0 Å². The zero-order chi connectivity index (χ0) is 36.3. The molecule has 4 heteroatoms. The Labute approximate surface area is 317 Å². The number of fused-ring (bicyclic) bond motifs is 6. The van der Waals surface area contributed by atoms with Gasteiger partial charge in [0, 0.05) is 38.2 Å². The standard InChI is InChI=1S/C51H32N4/c1-3-15-34(16-4-1)39-25-14-27-42-46(55-45-28-12-11-24-40(45)44-31-36-20-7-8-21-37(36)32-47(44)55)30-29-43(48(39)42)51-53-49(35-18-5-2-6-19-35)52-50(54-51)41-26-13-22-33-17-9-10-23-38(33)41/h1-32H. The Balaban J connectivity index is 1.24. The summed E-state index contributed by atoms with van der Waals surface area (Å²) < 4.78 is 2.43. The average Bonchev–Trinajstić information content (AvgIpc) is 3.58. The maximum absolute atomic E-state index is 5.33. The van der Waals surface area contributed by atoms with Gasteiger partial charge in [-0.3, -0.25) is 0 Å². The van der Waals surface area contributed by atoms with E-state index in [1.807, 2.05) is 18.2 Å². The Morgan fingerprint density at radius 2 is 0.873 bits per heavy atom. The zero-order valence-electron chi connectivity index (χ0n) is 29.8. The number of rotatable bonds is 5. The summed E-state index contributed by atoms with van der Waals surface area (Å²) in [5.74, 6) is 1.91. The summed E-state index contributed by atoms with van der Waals surface area (Å²) in [6.07, 6.45) is 0. The molecule has 0 amide bonds. The van der Waals surface area contributed by atoms with Gasteiger partial charge in [-0.15, -0.1) is 0 Å². The summed E-state index contributed by atoms with van der Waals surface area (Å²) in [5.41, 5.74) is 8.55. The van der Waals surface area contributed by atoms with Crippen LogP contribution in [0.5, 0.6) is 0 Å². The Bertz CT molecular complexity index is 3250. The first kappa shape index (κ1) is 31.1. The third-order valence-electron chi connectivity index (χ3n) is 10.8. The summed E-state index contributed by atoms with van der Waals surface area (Å²) in [5, 5.41) is 9.35. The monoisotopic (exact) mass is 700 g/mol. The first-order chi connectivity index (χ1) is 27.3. The van der Waals surface area contributed by atoms with E-state index in [0.717, 1.165) is 60.6 Å². The number of hydrogen-bond acceptors (Lipinski definition) is 3. The van der Waals surface area contributed by atoms with Crippen molar-refractivity contribution in [3.05, 3.63) is 194 Å². The van der Waals surface area contributed by atoms with Crippen LogP contribution in [0.1, 0.15) is 0 Å². The molecule has 0 aliphatic rings. The van der Waals surface area contributed by atoms with E-state index in [4.69, 9.17) is 15.0 Å². The second-order valence-electron chi connectivity index (χ2n) is 14.0. The SMILES string of the molecule is c1ccc(-c2nc(-c3cccc4ccccc34)nc(-c3ccc(-n4c5ccccc5c5cc6ccccc6cc54)c4cccc(-c5ccccc5)c34)n2)cc1. The van der Waals surface area contributed by atoms with Crippen molar-refractivity contribution in [3.63, 3.8) is 0 Å². The first-order valence-electron chi connectivity index (χ1n) is 18.6. The van der Waals surface area contributed by atoms with Crippen LogP contribution in [-0.4, -0.2) is 19.5 Å². The molecule has 4 nitrogen and oxygen atoms in total. The maximum atomic E-state index is 5.33. The molecule has 0 fully saturated rings. The van der Waals surface area contributed by atoms with Crippen molar-refractivity contribution in [3.8, 4) is 51.0 Å². The lowest BCUT2D eigenvalue weighted by molar-refractivity contribution is 1.08. The normalized spacial score (nSPS) is 11.6. The number of aromatic nitrogens is 4. The highest BCUT2D eigenvalue weighted by Gasteiger charge is 2.21. The quantitative estimate of drug-likeness (QED) is 0.179.